The second-order valence-electron chi connectivity index (χ2n) is 20.8. The molecular weight excluding hydrogens is 900 g/mol. The first-order valence-electron chi connectivity index (χ1n) is 26.1. The van der Waals surface area contributed by atoms with Gasteiger partial charge in [0.25, 0.3) is 8.53 Å². The molecule has 0 saturated heterocycles. The number of rotatable bonds is 21. The van der Waals surface area contributed by atoms with Gasteiger partial charge in [0.15, 0.2) is 0 Å². The Balaban J connectivity index is 0.866. The number of benzene rings is 3. The quantitative estimate of drug-likeness (QED) is 0.0496. The van der Waals surface area contributed by atoms with Crippen molar-refractivity contribution in [3.8, 4) is 11.8 Å². The zero-order chi connectivity index (χ0) is 48.7. The van der Waals surface area contributed by atoms with Crippen molar-refractivity contribution in [3.05, 3.63) is 70.3 Å². The third kappa shape index (κ3) is 11.8. The van der Waals surface area contributed by atoms with E-state index >= 15 is 0 Å². The molecule has 5 heterocycles. The van der Waals surface area contributed by atoms with E-state index in [0.29, 0.717) is 32.4 Å². The monoisotopic (exact) mass is 977 g/mol. The summed E-state index contributed by atoms with van der Waals surface area (Å²) in [5.74, 6) is 1.36. The predicted molar refractivity (Wildman–Crippen MR) is 285 cm³/mol. The second-order valence-corrected chi connectivity index (χ2v) is 23.3. The van der Waals surface area contributed by atoms with E-state index in [9.17, 15) is 9.59 Å². The molecule has 1 aromatic heterocycles. The Morgan fingerprint density at radius 1 is 0.942 bits per heavy atom. The van der Waals surface area contributed by atoms with Gasteiger partial charge >= 0.3 is 0 Å². The number of aryl methyl sites for hydroxylation is 1. The van der Waals surface area contributed by atoms with E-state index in [-0.39, 0.29) is 42.1 Å². The third-order valence-electron chi connectivity index (χ3n) is 14.9. The fourth-order valence-corrected chi connectivity index (χ4v) is 14.2. The largest absolute Gasteiger partial charge is 0.485 e. The number of carbonyl (C=O) groups excluding carboxylic acids is 2. The van der Waals surface area contributed by atoms with Gasteiger partial charge in [-0.1, -0.05) is 44.4 Å². The van der Waals surface area contributed by atoms with E-state index in [1.807, 2.05) is 23.3 Å². The Bertz CT molecular complexity index is 2510. The number of nitrogens with one attached hydrogen (secondary N) is 1. The Labute approximate surface area is 417 Å². The molecule has 372 valence electrons. The molecule has 1 N–H and O–H groups in total. The van der Waals surface area contributed by atoms with Crippen LogP contribution < -0.4 is 15.0 Å². The minimum absolute atomic E-state index is 0.0248. The van der Waals surface area contributed by atoms with Crippen LogP contribution in [0, 0.1) is 11.3 Å². The number of hydrogen-bond donors (Lipinski definition) is 1. The Morgan fingerprint density at radius 2 is 1.68 bits per heavy atom. The van der Waals surface area contributed by atoms with Crippen LogP contribution in [0.15, 0.2) is 48.0 Å². The smallest absolute Gasteiger partial charge is 0.261 e. The lowest BCUT2D eigenvalue weighted by molar-refractivity contribution is -0.133. The summed E-state index contributed by atoms with van der Waals surface area (Å²) in [5.41, 5.74) is 9.63. The lowest BCUT2D eigenvalue weighted by Crippen LogP contribution is -2.36. The van der Waals surface area contributed by atoms with Crippen LogP contribution in [0.1, 0.15) is 147 Å². The van der Waals surface area contributed by atoms with Gasteiger partial charge in [-0.05, 0) is 138 Å². The molecule has 2 amide bonds. The number of thiophene rings is 1. The van der Waals surface area contributed by atoms with Crippen LogP contribution in [0.25, 0.3) is 26.2 Å². The van der Waals surface area contributed by atoms with Gasteiger partial charge in [0.2, 0.25) is 11.8 Å². The fraction of sp³-hybridized carbons (Fsp3) is 0.589. The lowest BCUT2D eigenvalue weighted by atomic mass is 9.70. The molecule has 13 heteroatoms. The van der Waals surface area contributed by atoms with Gasteiger partial charge in [-0.15, -0.1) is 11.3 Å². The van der Waals surface area contributed by atoms with Crippen molar-refractivity contribution in [2.24, 2.45) is 0 Å². The number of nitrogens with zero attached hydrogens (tertiary/aromatic N) is 5. The van der Waals surface area contributed by atoms with Crippen molar-refractivity contribution in [2.45, 2.75) is 161 Å². The van der Waals surface area contributed by atoms with Crippen molar-refractivity contribution in [1.82, 2.24) is 14.5 Å². The first kappa shape index (κ1) is 51.1. The van der Waals surface area contributed by atoms with Crippen molar-refractivity contribution < 1.29 is 23.4 Å². The Kier molecular flexibility index (Phi) is 17.3. The van der Waals surface area contributed by atoms with E-state index in [1.165, 1.54) is 72.2 Å². The molecule has 0 spiro atoms. The summed E-state index contributed by atoms with van der Waals surface area (Å²) in [7, 11) is 2.27. The van der Waals surface area contributed by atoms with Crippen LogP contribution >= 0.6 is 19.9 Å². The third-order valence-corrected chi connectivity index (χ3v) is 18.0. The summed E-state index contributed by atoms with van der Waals surface area (Å²) in [5, 5.41) is 15.7. The highest BCUT2D eigenvalue weighted by molar-refractivity contribution is 7.44. The summed E-state index contributed by atoms with van der Waals surface area (Å²) < 4.78 is 24.2. The van der Waals surface area contributed by atoms with E-state index in [0.717, 1.165) is 96.0 Å². The maximum atomic E-state index is 13.4. The molecule has 3 aromatic carbocycles. The molecule has 4 aliphatic rings. The zero-order valence-electron chi connectivity index (χ0n) is 42.5. The minimum atomic E-state index is -1.41. The van der Waals surface area contributed by atoms with Gasteiger partial charge in [0.1, 0.15) is 18.6 Å². The summed E-state index contributed by atoms with van der Waals surface area (Å²) in [4.78, 5) is 32.5. The number of anilines is 2. The highest BCUT2D eigenvalue weighted by Crippen LogP contribution is 2.52. The van der Waals surface area contributed by atoms with Gasteiger partial charge in [-0.3, -0.25) is 9.59 Å². The number of ether oxygens (including phenoxy) is 1. The molecule has 0 fully saturated rings. The predicted octanol–water partition coefficient (Wildman–Crippen LogP) is 12.7. The van der Waals surface area contributed by atoms with Crippen molar-refractivity contribution in [3.63, 3.8) is 0 Å². The topological polar surface area (TPSA) is 111 Å². The first-order chi connectivity index (χ1) is 33.4. The molecule has 0 saturated carbocycles. The highest BCUT2D eigenvalue weighted by Gasteiger charge is 2.39. The van der Waals surface area contributed by atoms with Crippen LogP contribution in [0.3, 0.4) is 0 Å². The van der Waals surface area contributed by atoms with Crippen LogP contribution in [-0.4, -0.2) is 98.1 Å². The summed E-state index contributed by atoms with van der Waals surface area (Å²) in [6, 6.07) is 18.5. The Hall–Kier alpha value is -4.24. The van der Waals surface area contributed by atoms with Crippen molar-refractivity contribution in [2.75, 3.05) is 63.8 Å². The number of amides is 2. The molecule has 4 aromatic rings. The molecule has 3 unspecified atom stereocenters. The van der Waals surface area contributed by atoms with Crippen LogP contribution in [0.5, 0.6) is 5.75 Å². The minimum Gasteiger partial charge on any atom is -0.485 e. The average molecular weight is 977 g/mol. The molecule has 0 aliphatic carbocycles. The van der Waals surface area contributed by atoms with Crippen molar-refractivity contribution >= 4 is 69.3 Å². The normalized spacial score (nSPS) is 19.1. The summed E-state index contributed by atoms with van der Waals surface area (Å²) >= 11 is 1.90. The molecule has 69 heavy (non-hydrogen) atoms. The molecule has 11 nitrogen and oxygen atoms in total. The zero-order valence-corrected chi connectivity index (χ0v) is 44.3. The van der Waals surface area contributed by atoms with E-state index in [2.05, 4.69) is 104 Å². The second kappa shape index (κ2) is 23.3. The Morgan fingerprint density at radius 3 is 2.45 bits per heavy atom. The van der Waals surface area contributed by atoms with Gasteiger partial charge in [0.05, 0.1) is 19.1 Å². The molecule has 8 rings (SSSR count). The van der Waals surface area contributed by atoms with E-state index in [1.54, 1.807) is 11.9 Å². The van der Waals surface area contributed by atoms with Crippen LogP contribution in [0.4, 0.5) is 11.4 Å². The molecule has 0 bridgehead atoms. The van der Waals surface area contributed by atoms with E-state index < -0.39 is 8.53 Å². The highest BCUT2D eigenvalue weighted by atomic mass is 32.1. The maximum absolute atomic E-state index is 13.4. The molecule has 4 aliphatic heterocycles. The SMILES string of the molecule is CC(C)N(C(C)C)P(OCCC#N)OCN(C)C(=O)CCCCCN(C)C(=O)CCCCCC1(C)CC2=Cc3cc4c5c(c3OC2CCNc2ccc3sc6ccccc6c3c21)CCCN5CCC4. The number of fused-ring (bicyclic) bond motifs is 8. The molecular formula is C56H77N6O5PS. The molecule has 0 radical (unpaired) electrons. The van der Waals surface area contributed by atoms with Gasteiger partial charge in [-0.25, -0.2) is 4.67 Å². The average Bonchev–Trinajstić information content (AvgIpc) is 3.73. The number of carbonyl (C=O) groups is 2. The lowest BCUT2D eigenvalue weighted by Gasteiger charge is -2.40. The van der Waals surface area contributed by atoms with Crippen molar-refractivity contribution in [1.29, 1.82) is 5.26 Å². The number of hydrogen-bond acceptors (Lipinski definition) is 10. The summed E-state index contributed by atoms with van der Waals surface area (Å²) in [6.45, 7) is 15.2. The van der Waals surface area contributed by atoms with Gasteiger partial charge in [-0.2, -0.15) is 5.26 Å². The maximum Gasteiger partial charge on any atom is 0.261 e. The summed E-state index contributed by atoms with van der Waals surface area (Å²) in [6.07, 6.45) is 16.7. The standard InChI is InChI=1S/C56H77N6O5PS/c1-39(2)62(40(3)4)68(65-34-18-29-57)66-38-60(7)51(64)24-11-9-15-31-59(6)50(63)23-10-8-14-28-56(5)37-43-36-42-35-41-19-16-32-61-33-17-21-45(54(41)61)55(42)67-47(43)27-30-58-46-25-26-49-52(53(46)56)44-20-12-13-22-48(44)69-49/h12-13,20,22,25-26,35-36,39-40,47,58H,8-11,14-19,21,23-24,27-28,30-34,37-38H2,1-7H3. The number of unbranched alkanes of at least 4 members (excludes halogenated alkanes) is 4. The fourth-order valence-electron chi connectivity index (χ4n) is 11.5. The van der Waals surface area contributed by atoms with E-state index in [4.69, 9.17) is 19.0 Å². The van der Waals surface area contributed by atoms with Gasteiger partial charge in [0, 0.05) is 114 Å². The molecule has 3 atom stereocenters. The van der Waals surface area contributed by atoms with Crippen LogP contribution in [-0.2, 0) is 36.9 Å². The van der Waals surface area contributed by atoms with Gasteiger partial charge < -0.3 is 33.8 Å². The number of nitriles is 1. The van der Waals surface area contributed by atoms with Crippen LogP contribution in [0.2, 0.25) is 0 Å². The first-order valence-corrected chi connectivity index (χ1v) is 28.0.